The van der Waals surface area contributed by atoms with Crippen LogP contribution < -0.4 is 10.9 Å². The molecule has 1 aromatic heterocycles. The van der Waals surface area contributed by atoms with Crippen LogP contribution in [0.25, 0.3) is 0 Å². The van der Waals surface area contributed by atoms with Crippen LogP contribution >= 0.6 is 0 Å². The third-order valence-corrected chi connectivity index (χ3v) is 7.41. The predicted molar refractivity (Wildman–Crippen MR) is 146 cm³/mol. The summed E-state index contributed by atoms with van der Waals surface area (Å²) in [5.74, 6) is -0.432. The molecule has 1 fully saturated rings. The van der Waals surface area contributed by atoms with Crippen molar-refractivity contribution in [2.45, 2.75) is 65.1 Å². The molecule has 200 valence electrons. The van der Waals surface area contributed by atoms with Gasteiger partial charge in [0.25, 0.3) is 11.5 Å². The van der Waals surface area contributed by atoms with Crippen LogP contribution in [0, 0.1) is 19.8 Å². The molecular weight excluding hydrogens is 480 g/mol. The summed E-state index contributed by atoms with van der Waals surface area (Å²) in [6.07, 6.45) is 1.10. The number of rotatable bonds is 7. The lowest BCUT2D eigenvalue weighted by Crippen LogP contribution is -2.51. The van der Waals surface area contributed by atoms with Crippen molar-refractivity contribution in [3.05, 3.63) is 98.5 Å². The number of hydrogen-bond acceptors (Lipinski definition) is 5. The Morgan fingerprint density at radius 2 is 1.82 bits per heavy atom. The molecule has 3 atom stereocenters. The molecule has 2 aromatic carbocycles. The van der Waals surface area contributed by atoms with E-state index >= 15 is 0 Å². The average molecular weight is 517 g/mol. The topological polar surface area (TPSA) is 115 Å². The molecule has 8 heteroatoms. The van der Waals surface area contributed by atoms with Gasteiger partial charge in [0, 0.05) is 17.5 Å². The Labute approximate surface area is 223 Å². The minimum atomic E-state index is -1.08. The maximum atomic E-state index is 13.5. The van der Waals surface area contributed by atoms with Crippen LogP contribution in [0.15, 0.2) is 59.4 Å². The SMILES string of the molecule is Cc1cc(Cc2ccc(C(=O)NCC(=O)N3C(C(C)(C)O)C[C@H](C)[C@H]3c3ccccc3)cc2C)c(=O)[nH]n1. The molecule has 4 rings (SSSR count). The number of aryl methyl sites for hydroxylation is 2. The summed E-state index contributed by atoms with van der Waals surface area (Å²) in [4.78, 5) is 40.4. The summed E-state index contributed by atoms with van der Waals surface area (Å²) in [5.41, 5.74) is 3.28. The van der Waals surface area contributed by atoms with Crippen LogP contribution in [0.3, 0.4) is 0 Å². The van der Waals surface area contributed by atoms with Crippen molar-refractivity contribution in [3.8, 4) is 0 Å². The van der Waals surface area contributed by atoms with Crippen molar-refractivity contribution >= 4 is 11.8 Å². The van der Waals surface area contributed by atoms with E-state index in [9.17, 15) is 19.5 Å². The fourth-order valence-corrected chi connectivity index (χ4v) is 5.44. The minimum absolute atomic E-state index is 0.153. The smallest absolute Gasteiger partial charge is 0.267 e. The van der Waals surface area contributed by atoms with E-state index in [0.717, 1.165) is 22.4 Å². The molecule has 0 saturated carbocycles. The molecule has 0 radical (unpaired) electrons. The highest BCUT2D eigenvalue weighted by molar-refractivity contribution is 5.96. The average Bonchev–Trinajstić information content (AvgIpc) is 3.24. The third-order valence-electron chi connectivity index (χ3n) is 7.41. The van der Waals surface area contributed by atoms with E-state index in [-0.39, 0.29) is 41.9 Å². The Morgan fingerprint density at radius 1 is 1.11 bits per heavy atom. The van der Waals surface area contributed by atoms with Crippen molar-refractivity contribution in [2.75, 3.05) is 6.54 Å². The molecule has 3 aromatic rings. The van der Waals surface area contributed by atoms with Gasteiger partial charge in [-0.1, -0.05) is 43.3 Å². The van der Waals surface area contributed by atoms with Crippen molar-refractivity contribution in [3.63, 3.8) is 0 Å². The molecule has 3 N–H and O–H groups in total. The van der Waals surface area contributed by atoms with Crippen molar-refractivity contribution in [2.24, 2.45) is 5.92 Å². The van der Waals surface area contributed by atoms with E-state index in [2.05, 4.69) is 22.4 Å². The van der Waals surface area contributed by atoms with Gasteiger partial charge in [-0.05, 0) is 74.9 Å². The zero-order chi connectivity index (χ0) is 27.6. The fourth-order valence-electron chi connectivity index (χ4n) is 5.44. The van der Waals surface area contributed by atoms with E-state index < -0.39 is 5.60 Å². The molecule has 2 heterocycles. The molecule has 38 heavy (non-hydrogen) atoms. The van der Waals surface area contributed by atoms with E-state index in [0.29, 0.717) is 24.0 Å². The van der Waals surface area contributed by atoms with E-state index in [4.69, 9.17) is 0 Å². The molecule has 2 amide bonds. The van der Waals surface area contributed by atoms with Crippen LogP contribution in [-0.2, 0) is 11.2 Å². The number of amides is 2. The van der Waals surface area contributed by atoms with Gasteiger partial charge in [0.15, 0.2) is 0 Å². The number of nitrogens with zero attached hydrogens (tertiary/aromatic N) is 2. The number of nitrogens with one attached hydrogen (secondary N) is 2. The number of aromatic nitrogens is 2. The Balaban J connectivity index is 1.48. The van der Waals surface area contributed by atoms with Gasteiger partial charge in [0.2, 0.25) is 5.91 Å². The first-order chi connectivity index (χ1) is 18.0. The van der Waals surface area contributed by atoms with Crippen molar-refractivity contribution in [1.29, 1.82) is 0 Å². The van der Waals surface area contributed by atoms with Crippen LogP contribution in [0.4, 0.5) is 0 Å². The minimum Gasteiger partial charge on any atom is -0.388 e. The first kappa shape index (κ1) is 27.3. The number of carbonyl (C=O) groups excluding carboxylic acids is 2. The maximum Gasteiger partial charge on any atom is 0.267 e. The molecule has 1 aliphatic rings. The molecule has 1 saturated heterocycles. The lowest BCUT2D eigenvalue weighted by molar-refractivity contribution is -0.138. The second kappa shape index (κ2) is 10.9. The van der Waals surface area contributed by atoms with Gasteiger partial charge < -0.3 is 15.3 Å². The number of likely N-dealkylation sites (tertiary alicyclic amines) is 1. The van der Waals surface area contributed by atoms with E-state index in [1.807, 2.05) is 50.2 Å². The third kappa shape index (κ3) is 5.86. The maximum absolute atomic E-state index is 13.5. The van der Waals surface area contributed by atoms with Crippen LogP contribution in [0.2, 0.25) is 0 Å². The van der Waals surface area contributed by atoms with Crippen LogP contribution in [0.5, 0.6) is 0 Å². The van der Waals surface area contributed by atoms with Crippen LogP contribution in [0.1, 0.15) is 71.5 Å². The first-order valence-electron chi connectivity index (χ1n) is 13.0. The largest absolute Gasteiger partial charge is 0.388 e. The first-order valence-corrected chi connectivity index (χ1v) is 13.0. The van der Waals surface area contributed by atoms with Crippen molar-refractivity contribution < 1.29 is 14.7 Å². The summed E-state index contributed by atoms with van der Waals surface area (Å²) in [7, 11) is 0. The number of hydrogen-bond donors (Lipinski definition) is 3. The van der Waals surface area contributed by atoms with Crippen molar-refractivity contribution in [1.82, 2.24) is 20.4 Å². The quantitative estimate of drug-likeness (QED) is 0.445. The van der Waals surface area contributed by atoms with Gasteiger partial charge in [-0.2, -0.15) is 5.10 Å². The van der Waals surface area contributed by atoms with E-state index in [1.54, 1.807) is 36.9 Å². The number of carbonyl (C=O) groups is 2. The highest BCUT2D eigenvalue weighted by Gasteiger charge is 2.47. The molecule has 1 aliphatic heterocycles. The number of aliphatic hydroxyl groups is 1. The number of aromatic amines is 1. The van der Waals surface area contributed by atoms with Gasteiger partial charge >= 0.3 is 0 Å². The zero-order valence-corrected chi connectivity index (χ0v) is 22.6. The monoisotopic (exact) mass is 516 g/mol. The standard InChI is InChI=1S/C30H36N4O4/c1-18-13-23(12-11-22(18)16-24-15-20(3)32-33-29(24)37)28(36)31-17-26(35)34-25(30(4,5)38)14-19(2)27(34)21-9-7-6-8-10-21/h6-13,15,19,25,27,38H,14,16-17H2,1-5H3,(H,31,36)(H,33,37)/t19-,25?,27-/m0/s1. The molecule has 0 bridgehead atoms. The molecule has 8 nitrogen and oxygen atoms in total. The lowest BCUT2D eigenvalue weighted by Gasteiger charge is -2.37. The van der Waals surface area contributed by atoms with Gasteiger partial charge in [0.1, 0.15) is 0 Å². The van der Waals surface area contributed by atoms with Gasteiger partial charge in [-0.25, -0.2) is 5.10 Å². The Hall–Kier alpha value is -3.78. The highest BCUT2D eigenvalue weighted by atomic mass is 16.3. The second-order valence-corrected chi connectivity index (χ2v) is 10.9. The Morgan fingerprint density at radius 3 is 2.47 bits per heavy atom. The summed E-state index contributed by atoms with van der Waals surface area (Å²) in [5, 5.41) is 20.0. The van der Waals surface area contributed by atoms with Gasteiger partial charge in [-0.15, -0.1) is 0 Å². The number of H-pyrrole nitrogens is 1. The predicted octanol–water partition coefficient (Wildman–Crippen LogP) is 3.46. The van der Waals surface area contributed by atoms with Gasteiger partial charge in [-0.3, -0.25) is 14.4 Å². The Kier molecular flexibility index (Phi) is 7.83. The number of benzene rings is 2. The highest BCUT2D eigenvalue weighted by Crippen LogP contribution is 2.44. The fraction of sp³-hybridized carbons (Fsp3) is 0.400. The molecular formula is C30H36N4O4. The Bertz CT molecular complexity index is 1380. The summed E-state index contributed by atoms with van der Waals surface area (Å²) >= 11 is 0. The van der Waals surface area contributed by atoms with Gasteiger partial charge in [0.05, 0.1) is 29.9 Å². The lowest BCUT2D eigenvalue weighted by atomic mass is 9.92. The summed E-state index contributed by atoms with van der Waals surface area (Å²) in [6, 6.07) is 16.3. The van der Waals surface area contributed by atoms with Crippen LogP contribution in [-0.4, -0.2) is 50.2 Å². The summed E-state index contributed by atoms with van der Waals surface area (Å²) < 4.78 is 0. The molecule has 0 spiro atoms. The second-order valence-electron chi connectivity index (χ2n) is 10.9. The molecule has 1 unspecified atom stereocenters. The molecule has 0 aliphatic carbocycles. The van der Waals surface area contributed by atoms with E-state index in [1.165, 1.54) is 0 Å². The normalized spacial score (nSPS) is 19.4. The zero-order valence-electron chi connectivity index (χ0n) is 22.6. The summed E-state index contributed by atoms with van der Waals surface area (Å²) in [6.45, 7) is 9.07.